The molecule has 5 aromatic carbocycles. The van der Waals surface area contributed by atoms with Crippen LogP contribution in [0.4, 0.5) is 0 Å². The van der Waals surface area contributed by atoms with E-state index in [0.717, 1.165) is 49.8 Å². The number of pyridine rings is 1. The zero-order valence-corrected chi connectivity index (χ0v) is 18.8. The molecule has 1 aliphatic rings. The predicted octanol–water partition coefficient (Wildman–Crippen LogP) is 7.95. The third-order valence-corrected chi connectivity index (χ3v) is 7.42. The van der Waals surface area contributed by atoms with Crippen molar-refractivity contribution < 1.29 is 13.7 Å². The van der Waals surface area contributed by atoms with E-state index >= 15 is 0 Å². The number of hydrogen-bond acceptors (Lipinski definition) is 2. The number of para-hydroxylation sites is 1. The molecule has 0 bridgehead atoms. The van der Waals surface area contributed by atoms with Crippen LogP contribution >= 0.6 is 0 Å². The Labute approximate surface area is 195 Å². The smallest absolute Gasteiger partial charge is 0.228 e. The van der Waals surface area contributed by atoms with E-state index in [1.54, 1.807) is 0 Å². The molecule has 0 amide bonds. The van der Waals surface area contributed by atoms with Gasteiger partial charge in [-0.3, -0.25) is 0 Å². The molecule has 0 N–H and O–H groups in total. The molecule has 3 heterocycles. The van der Waals surface area contributed by atoms with Crippen molar-refractivity contribution in [1.82, 2.24) is 0 Å². The van der Waals surface area contributed by atoms with Crippen molar-refractivity contribution in [3.05, 3.63) is 90.6 Å². The molecule has 8 rings (SSSR count). The van der Waals surface area contributed by atoms with Gasteiger partial charge in [0.25, 0.3) is 0 Å². The molecule has 0 spiro atoms. The van der Waals surface area contributed by atoms with Crippen LogP contribution in [-0.4, -0.2) is 0 Å². The SMILES string of the molecule is Cc1c2c(cc3ccc4ccccc4c13)Oc1c3oc4ccccc4c3cc3cc[n+](C)c-2c13. The van der Waals surface area contributed by atoms with Gasteiger partial charge in [-0.25, -0.2) is 4.57 Å². The Hall–Kier alpha value is -4.37. The fraction of sp³-hybridized carbons (Fsp3) is 0.0645. The summed E-state index contributed by atoms with van der Waals surface area (Å²) in [6.45, 7) is 2.22. The first-order valence-electron chi connectivity index (χ1n) is 11.6. The van der Waals surface area contributed by atoms with Crippen molar-refractivity contribution >= 4 is 54.3 Å². The van der Waals surface area contributed by atoms with Gasteiger partial charge in [0.05, 0.1) is 5.56 Å². The molecular weight excluding hydrogens is 418 g/mol. The number of benzene rings is 5. The monoisotopic (exact) mass is 438 g/mol. The minimum atomic E-state index is 0.807. The summed E-state index contributed by atoms with van der Waals surface area (Å²) in [6.07, 6.45) is 2.15. The second-order valence-electron chi connectivity index (χ2n) is 9.28. The van der Waals surface area contributed by atoms with E-state index in [2.05, 4.69) is 91.5 Å². The van der Waals surface area contributed by atoms with Gasteiger partial charge in [0.1, 0.15) is 23.8 Å². The lowest BCUT2D eigenvalue weighted by Gasteiger charge is -2.22. The molecule has 0 unspecified atom stereocenters. The Bertz CT molecular complexity index is 2010. The maximum atomic E-state index is 6.74. The summed E-state index contributed by atoms with van der Waals surface area (Å²) in [5, 5.41) is 9.45. The molecule has 34 heavy (non-hydrogen) atoms. The van der Waals surface area contributed by atoms with Crippen molar-refractivity contribution in [3.8, 4) is 22.8 Å². The van der Waals surface area contributed by atoms with Crippen molar-refractivity contribution in [1.29, 1.82) is 0 Å². The minimum absolute atomic E-state index is 0.807. The van der Waals surface area contributed by atoms with E-state index in [-0.39, 0.29) is 0 Å². The van der Waals surface area contributed by atoms with Crippen LogP contribution in [0.5, 0.6) is 11.5 Å². The summed E-state index contributed by atoms with van der Waals surface area (Å²) in [7, 11) is 2.11. The van der Waals surface area contributed by atoms with Gasteiger partial charge >= 0.3 is 0 Å². The number of fused-ring (bicyclic) bond motifs is 9. The van der Waals surface area contributed by atoms with Crippen LogP contribution in [-0.2, 0) is 7.05 Å². The number of aryl methyl sites for hydroxylation is 2. The Balaban J connectivity index is 1.58. The largest absolute Gasteiger partial charge is 0.452 e. The lowest BCUT2D eigenvalue weighted by molar-refractivity contribution is -0.659. The lowest BCUT2D eigenvalue weighted by atomic mass is 9.89. The molecule has 3 nitrogen and oxygen atoms in total. The summed E-state index contributed by atoms with van der Waals surface area (Å²) in [5.41, 5.74) is 5.25. The van der Waals surface area contributed by atoms with Gasteiger partial charge in [0.15, 0.2) is 17.5 Å². The predicted molar refractivity (Wildman–Crippen MR) is 138 cm³/mol. The normalized spacial score (nSPS) is 12.6. The summed E-state index contributed by atoms with van der Waals surface area (Å²) in [5.74, 6) is 1.69. The molecule has 1 aliphatic heterocycles. The van der Waals surface area contributed by atoms with Crippen LogP contribution in [0.25, 0.3) is 65.5 Å². The quantitative estimate of drug-likeness (QED) is 0.177. The Morgan fingerprint density at radius 1 is 0.706 bits per heavy atom. The first-order valence-corrected chi connectivity index (χ1v) is 11.6. The third kappa shape index (κ3) is 2.14. The average Bonchev–Trinajstić information content (AvgIpc) is 3.24. The summed E-state index contributed by atoms with van der Waals surface area (Å²) in [6, 6.07) is 27.8. The molecule has 0 radical (unpaired) electrons. The maximum absolute atomic E-state index is 6.74. The van der Waals surface area contributed by atoms with Crippen LogP contribution in [0.2, 0.25) is 0 Å². The highest BCUT2D eigenvalue weighted by atomic mass is 16.5. The van der Waals surface area contributed by atoms with E-state index in [1.807, 2.05) is 12.1 Å². The molecule has 2 aromatic heterocycles. The molecule has 3 heteroatoms. The van der Waals surface area contributed by atoms with Gasteiger partial charge in [0, 0.05) is 16.8 Å². The third-order valence-electron chi connectivity index (χ3n) is 7.42. The van der Waals surface area contributed by atoms with E-state index in [0.29, 0.717) is 0 Å². The van der Waals surface area contributed by atoms with E-state index in [9.17, 15) is 0 Å². The van der Waals surface area contributed by atoms with Crippen molar-refractivity contribution in [3.63, 3.8) is 0 Å². The number of furan rings is 1. The zero-order valence-electron chi connectivity index (χ0n) is 18.8. The van der Waals surface area contributed by atoms with Gasteiger partial charge < -0.3 is 9.15 Å². The molecular formula is C31H20NO2+. The molecule has 0 aliphatic carbocycles. The van der Waals surface area contributed by atoms with Gasteiger partial charge in [0.2, 0.25) is 5.69 Å². The highest BCUT2D eigenvalue weighted by Crippen LogP contribution is 2.52. The molecule has 0 atom stereocenters. The standard InChI is InChI=1S/C31H20NO2/c1-17-26-19(12-11-18-7-3-4-8-21(18)26)16-25-27(17)29-28-20(13-14-32(29)2)15-23-22-9-5-6-10-24(22)33-30(23)31(28)34-25/h3-16H,1-2H3/q+1. The second kappa shape index (κ2) is 6.15. The molecule has 160 valence electrons. The number of aromatic nitrogens is 1. The lowest BCUT2D eigenvalue weighted by Crippen LogP contribution is -2.31. The van der Waals surface area contributed by atoms with Crippen LogP contribution in [0.15, 0.2) is 89.5 Å². The van der Waals surface area contributed by atoms with Gasteiger partial charge in [-0.2, -0.15) is 0 Å². The van der Waals surface area contributed by atoms with Gasteiger partial charge in [-0.15, -0.1) is 0 Å². The van der Waals surface area contributed by atoms with E-state index in [1.165, 1.54) is 32.8 Å². The highest BCUT2D eigenvalue weighted by molar-refractivity contribution is 6.19. The highest BCUT2D eigenvalue weighted by Gasteiger charge is 2.33. The first kappa shape index (κ1) is 18.1. The van der Waals surface area contributed by atoms with E-state index < -0.39 is 0 Å². The Morgan fingerprint density at radius 3 is 2.38 bits per heavy atom. The fourth-order valence-electron chi connectivity index (χ4n) is 5.90. The molecule has 0 saturated carbocycles. The van der Waals surface area contributed by atoms with Crippen LogP contribution in [0.1, 0.15) is 5.56 Å². The summed E-state index contributed by atoms with van der Waals surface area (Å²) in [4.78, 5) is 0. The van der Waals surface area contributed by atoms with Crippen LogP contribution in [0.3, 0.4) is 0 Å². The zero-order chi connectivity index (χ0) is 22.6. The van der Waals surface area contributed by atoms with Crippen LogP contribution < -0.4 is 9.30 Å². The summed E-state index contributed by atoms with van der Waals surface area (Å²) < 4.78 is 15.3. The number of hydrogen-bond donors (Lipinski definition) is 0. The van der Waals surface area contributed by atoms with Crippen molar-refractivity contribution in [2.45, 2.75) is 6.92 Å². The van der Waals surface area contributed by atoms with Crippen LogP contribution in [0, 0.1) is 6.92 Å². The molecule has 0 fully saturated rings. The van der Waals surface area contributed by atoms with Gasteiger partial charge in [-0.05, 0) is 57.6 Å². The Morgan fingerprint density at radius 2 is 1.47 bits per heavy atom. The number of ether oxygens (including phenoxy) is 1. The van der Waals surface area contributed by atoms with Crippen molar-refractivity contribution in [2.24, 2.45) is 7.05 Å². The second-order valence-corrected chi connectivity index (χ2v) is 9.28. The first-order chi connectivity index (χ1) is 16.7. The minimum Gasteiger partial charge on any atom is -0.452 e. The maximum Gasteiger partial charge on any atom is 0.228 e. The van der Waals surface area contributed by atoms with E-state index in [4.69, 9.17) is 9.15 Å². The fourth-order valence-corrected chi connectivity index (χ4v) is 5.90. The molecule has 0 saturated heterocycles. The molecule has 7 aromatic rings. The number of nitrogens with zero attached hydrogens (tertiary/aromatic N) is 1. The topological polar surface area (TPSA) is 26.2 Å². The Kier molecular flexibility index (Phi) is 3.27. The average molecular weight is 439 g/mol. The van der Waals surface area contributed by atoms with Gasteiger partial charge in [-0.1, -0.05) is 54.6 Å². The number of rotatable bonds is 0. The summed E-state index contributed by atoms with van der Waals surface area (Å²) >= 11 is 0. The van der Waals surface area contributed by atoms with Crippen molar-refractivity contribution in [2.75, 3.05) is 0 Å².